The van der Waals surface area contributed by atoms with E-state index < -0.39 is 17.4 Å². The van der Waals surface area contributed by atoms with E-state index in [0.717, 1.165) is 13.2 Å². The average molecular weight is 220 g/mol. The number of ketones is 1. The number of aromatic nitrogens is 1. The Kier molecular flexibility index (Phi) is 4.02. The molecule has 1 aromatic rings. The smallest absolute Gasteiger partial charge is 0.360 e. The molecule has 0 saturated heterocycles. The lowest BCUT2D eigenvalue weighted by Gasteiger charge is -1.96. The molecular weight excluding hydrogens is 212 g/mol. The Morgan fingerprint density at radius 2 is 2.00 bits per heavy atom. The van der Waals surface area contributed by atoms with Crippen LogP contribution >= 0.6 is 0 Å². The standard InChI is InChI=1S/C10H8N2O4/c1-16-10(14)8(12-15)6-9(13)7-2-4-11-5-3-7/h2-6H,1H3/b8-6-. The summed E-state index contributed by atoms with van der Waals surface area (Å²) in [5, 5.41) is 2.42. The van der Waals surface area contributed by atoms with Crippen LogP contribution in [0.5, 0.6) is 0 Å². The normalized spacial score (nSPS) is 10.7. The summed E-state index contributed by atoms with van der Waals surface area (Å²) in [6.07, 6.45) is 3.68. The molecule has 1 rings (SSSR count). The van der Waals surface area contributed by atoms with Crippen LogP contribution in [0.15, 0.2) is 41.5 Å². The number of carbonyl (C=O) groups is 2. The number of esters is 1. The molecule has 0 spiro atoms. The van der Waals surface area contributed by atoms with E-state index in [1.54, 1.807) is 0 Å². The topological polar surface area (TPSA) is 85.7 Å². The van der Waals surface area contributed by atoms with Crippen LogP contribution in [0, 0.1) is 4.91 Å². The molecule has 0 saturated carbocycles. The quantitative estimate of drug-likeness (QED) is 0.328. The average Bonchev–Trinajstić information content (AvgIpc) is 2.35. The predicted molar refractivity (Wildman–Crippen MR) is 54.5 cm³/mol. The Labute approximate surface area is 90.9 Å². The molecule has 0 bridgehead atoms. The molecule has 0 aromatic carbocycles. The summed E-state index contributed by atoms with van der Waals surface area (Å²) in [7, 11) is 1.10. The third kappa shape index (κ3) is 2.81. The molecule has 0 fully saturated rings. The minimum atomic E-state index is -0.947. The first kappa shape index (κ1) is 11.7. The van der Waals surface area contributed by atoms with Gasteiger partial charge in [-0.1, -0.05) is 0 Å². The first-order valence-corrected chi connectivity index (χ1v) is 4.26. The number of methoxy groups -OCH3 is 1. The predicted octanol–water partition coefficient (Wildman–Crippen LogP) is 1.09. The molecule has 0 radical (unpaired) electrons. The van der Waals surface area contributed by atoms with E-state index in [1.165, 1.54) is 24.5 Å². The number of rotatable bonds is 4. The van der Waals surface area contributed by atoms with E-state index in [2.05, 4.69) is 14.9 Å². The third-order valence-electron chi connectivity index (χ3n) is 1.73. The summed E-state index contributed by atoms with van der Waals surface area (Å²) >= 11 is 0. The van der Waals surface area contributed by atoms with E-state index in [4.69, 9.17) is 0 Å². The molecule has 0 aliphatic heterocycles. The van der Waals surface area contributed by atoms with Gasteiger partial charge in [-0.2, -0.15) is 0 Å². The van der Waals surface area contributed by atoms with Gasteiger partial charge in [0, 0.05) is 24.0 Å². The van der Waals surface area contributed by atoms with Crippen molar-refractivity contribution in [2.75, 3.05) is 7.11 Å². The van der Waals surface area contributed by atoms with Crippen LogP contribution in [-0.2, 0) is 9.53 Å². The van der Waals surface area contributed by atoms with Crippen molar-refractivity contribution >= 4 is 11.8 Å². The van der Waals surface area contributed by atoms with Gasteiger partial charge in [-0.15, -0.1) is 4.91 Å². The number of nitrogens with zero attached hydrogens (tertiary/aromatic N) is 2. The van der Waals surface area contributed by atoms with Crippen molar-refractivity contribution in [2.24, 2.45) is 5.18 Å². The van der Waals surface area contributed by atoms with Crippen molar-refractivity contribution in [3.05, 3.63) is 46.8 Å². The summed E-state index contributed by atoms with van der Waals surface area (Å²) < 4.78 is 4.27. The zero-order valence-corrected chi connectivity index (χ0v) is 8.41. The van der Waals surface area contributed by atoms with Crippen molar-refractivity contribution in [3.63, 3.8) is 0 Å². The molecule has 0 aliphatic rings. The van der Waals surface area contributed by atoms with Crippen LogP contribution in [0.2, 0.25) is 0 Å². The minimum absolute atomic E-state index is 0.306. The van der Waals surface area contributed by atoms with Crippen molar-refractivity contribution < 1.29 is 14.3 Å². The van der Waals surface area contributed by atoms with Gasteiger partial charge in [0.1, 0.15) is 0 Å². The monoisotopic (exact) mass is 220 g/mol. The fraction of sp³-hybridized carbons (Fsp3) is 0.100. The van der Waals surface area contributed by atoms with Gasteiger partial charge in [0.25, 0.3) is 0 Å². The van der Waals surface area contributed by atoms with E-state index >= 15 is 0 Å². The van der Waals surface area contributed by atoms with Crippen molar-refractivity contribution in [2.45, 2.75) is 0 Å². The zero-order valence-electron chi connectivity index (χ0n) is 8.41. The highest BCUT2D eigenvalue weighted by Gasteiger charge is 2.13. The van der Waals surface area contributed by atoms with Gasteiger partial charge in [-0.3, -0.25) is 9.78 Å². The molecule has 0 atom stereocenters. The second-order valence-corrected chi connectivity index (χ2v) is 2.71. The molecule has 6 heteroatoms. The van der Waals surface area contributed by atoms with Gasteiger partial charge in [0.05, 0.1) is 7.11 Å². The maximum Gasteiger partial charge on any atom is 0.360 e. The molecule has 16 heavy (non-hydrogen) atoms. The summed E-state index contributed by atoms with van der Waals surface area (Å²) in [5.74, 6) is -1.46. The lowest BCUT2D eigenvalue weighted by molar-refractivity contribution is -0.136. The molecule has 6 nitrogen and oxygen atoms in total. The van der Waals surface area contributed by atoms with Crippen LogP contribution in [-0.4, -0.2) is 23.8 Å². The summed E-state index contributed by atoms with van der Waals surface area (Å²) in [4.78, 5) is 36.5. The Morgan fingerprint density at radius 3 is 2.50 bits per heavy atom. The third-order valence-corrected chi connectivity index (χ3v) is 1.73. The summed E-state index contributed by atoms with van der Waals surface area (Å²) in [5.41, 5.74) is -0.260. The Hall–Kier alpha value is -2.37. The Balaban J connectivity index is 2.95. The van der Waals surface area contributed by atoms with E-state index in [0.29, 0.717) is 5.56 Å². The molecule has 0 aliphatic carbocycles. The Morgan fingerprint density at radius 1 is 1.38 bits per heavy atom. The van der Waals surface area contributed by atoms with Gasteiger partial charge in [-0.25, -0.2) is 4.79 Å². The maximum absolute atomic E-state index is 11.5. The van der Waals surface area contributed by atoms with Crippen LogP contribution in [0.4, 0.5) is 0 Å². The fourth-order valence-electron chi connectivity index (χ4n) is 0.951. The van der Waals surface area contributed by atoms with Gasteiger partial charge >= 0.3 is 5.97 Å². The number of ether oxygens (including phenoxy) is 1. The highest BCUT2D eigenvalue weighted by Crippen LogP contribution is 2.05. The first-order chi connectivity index (χ1) is 7.69. The van der Waals surface area contributed by atoms with Gasteiger partial charge in [0.2, 0.25) is 0 Å². The molecule has 1 heterocycles. The SMILES string of the molecule is COC(=O)/C(=C/C(=O)c1ccncc1)N=O. The van der Waals surface area contributed by atoms with E-state index in [1.807, 2.05) is 0 Å². The summed E-state index contributed by atoms with van der Waals surface area (Å²) in [6.45, 7) is 0. The zero-order chi connectivity index (χ0) is 12.0. The molecule has 1 aromatic heterocycles. The number of hydrogen-bond donors (Lipinski definition) is 0. The second-order valence-electron chi connectivity index (χ2n) is 2.71. The highest BCUT2D eigenvalue weighted by atomic mass is 16.5. The second kappa shape index (κ2) is 5.50. The molecular formula is C10H8N2O4. The largest absolute Gasteiger partial charge is 0.464 e. The van der Waals surface area contributed by atoms with Gasteiger partial charge in [0.15, 0.2) is 11.5 Å². The van der Waals surface area contributed by atoms with Crippen LogP contribution in [0.1, 0.15) is 10.4 Å². The van der Waals surface area contributed by atoms with Crippen LogP contribution < -0.4 is 0 Å². The first-order valence-electron chi connectivity index (χ1n) is 4.26. The van der Waals surface area contributed by atoms with Crippen LogP contribution in [0.3, 0.4) is 0 Å². The van der Waals surface area contributed by atoms with Crippen molar-refractivity contribution in [1.29, 1.82) is 0 Å². The fourth-order valence-corrected chi connectivity index (χ4v) is 0.951. The van der Waals surface area contributed by atoms with E-state index in [9.17, 15) is 14.5 Å². The minimum Gasteiger partial charge on any atom is -0.464 e. The lowest BCUT2D eigenvalue weighted by atomic mass is 10.1. The maximum atomic E-state index is 11.5. The lowest BCUT2D eigenvalue weighted by Crippen LogP contribution is -2.05. The summed E-state index contributed by atoms with van der Waals surface area (Å²) in [6, 6.07) is 2.91. The van der Waals surface area contributed by atoms with Crippen molar-refractivity contribution in [1.82, 2.24) is 4.98 Å². The van der Waals surface area contributed by atoms with Crippen LogP contribution in [0.25, 0.3) is 0 Å². The molecule has 0 N–H and O–H groups in total. The highest BCUT2D eigenvalue weighted by molar-refractivity contribution is 6.08. The van der Waals surface area contributed by atoms with Gasteiger partial charge < -0.3 is 4.74 Å². The van der Waals surface area contributed by atoms with E-state index in [-0.39, 0.29) is 0 Å². The molecule has 0 amide bonds. The Bertz CT molecular complexity index is 439. The number of carbonyl (C=O) groups excluding carboxylic acids is 2. The number of allylic oxidation sites excluding steroid dienone is 1. The van der Waals surface area contributed by atoms with Gasteiger partial charge in [-0.05, 0) is 17.3 Å². The molecule has 82 valence electrons. The number of hydrogen-bond acceptors (Lipinski definition) is 6. The van der Waals surface area contributed by atoms with Crippen molar-refractivity contribution in [3.8, 4) is 0 Å². The molecule has 0 unspecified atom stereocenters. The number of nitroso groups, excluding NO2 is 1. The number of pyridine rings is 1.